The molecule has 3 heteroatoms. The summed E-state index contributed by atoms with van der Waals surface area (Å²) in [6, 6.07) is -0.321. The molecule has 0 saturated carbocycles. The van der Waals surface area contributed by atoms with Crippen molar-refractivity contribution in [1.29, 1.82) is 0 Å². The molecule has 0 aromatic carbocycles. The number of hydrogen-bond acceptors (Lipinski definition) is 2. The third kappa shape index (κ3) is 3.49. The van der Waals surface area contributed by atoms with Crippen LogP contribution in [0.15, 0.2) is 0 Å². The molecule has 0 aliphatic carbocycles. The Labute approximate surface area is 93.0 Å². The molecule has 0 radical (unpaired) electrons. The molecule has 3 nitrogen and oxygen atoms in total. The number of amides is 1. The number of carbonyl (C=O) groups excluding carboxylic acids is 1. The average molecular weight is 212 g/mol. The maximum atomic E-state index is 12.0. The number of hydrogen-bond donors (Lipinski definition) is 1. The maximum Gasteiger partial charge on any atom is 0.239 e. The monoisotopic (exact) mass is 212 g/mol. The summed E-state index contributed by atoms with van der Waals surface area (Å²) in [6.07, 6.45) is 3.48. The second kappa shape index (κ2) is 5.50. The van der Waals surface area contributed by atoms with Gasteiger partial charge in [0.05, 0.1) is 6.04 Å². The second-order valence-corrected chi connectivity index (χ2v) is 5.13. The molecule has 1 heterocycles. The van der Waals surface area contributed by atoms with Gasteiger partial charge in [-0.15, -0.1) is 0 Å². The van der Waals surface area contributed by atoms with Gasteiger partial charge in [0.2, 0.25) is 5.91 Å². The van der Waals surface area contributed by atoms with Gasteiger partial charge in [-0.2, -0.15) is 0 Å². The first kappa shape index (κ1) is 12.5. The molecule has 2 N–H and O–H groups in total. The van der Waals surface area contributed by atoms with Gasteiger partial charge in [0.25, 0.3) is 0 Å². The summed E-state index contributed by atoms with van der Waals surface area (Å²) in [6.45, 7) is 8.05. The van der Waals surface area contributed by atoms with Gasteiger partial charge in [-0.1, -0.05) is 20.8 Å². The van der Waals surface area contributed by atoms with E-state index in [1.807, 2.05) is 18.7 Å². The summed E-state index contributed by atoms with van der Waals surface area (Å²) < 4.78 is 0. The summed E-state index contributed by atoms with van der Waals surface area (Å²) >= 11 is 0. The molecule has 15 heavy (non-hydrogen) atoms. The third-order valence-corrected chi connectivity index (χ3v) is 3.33. The fourth-order valence-electron chi connectivity index (χ4n) is 1.98. The van der Waals surface area contributed by atoms with Crippen molar-refractivity contribution in [3.63, 3.8) is 0 Å². The molecule has 0 aromatic rings. The SMILES string of the molecule is CC1CCCN(C(=O)C(N)C(C)C)CC1. The molecule has 1 amide bonds. The van der Waals surface area contributed by atoms with Crippen molar-refractivity contribution in [2.24, 2.45) is 17.6 Å². The Bertz CT molecular complexity index is 216. The number of rotatable bonds is 2. The molecule has 1 rings (SSSR count). The van der Waals surface area contributed by atoms with Gasteiger partial charge in [-0.25, -0.2) is 0 Å². The number of nitrogens with zero attached hydrogens (tertiary/aromatic N) is 1. The Morgan fingerprint density at radius 1 is 1.33 bits per heavy atom. The molecule has 1 aliphatic rings. The quantitative estimate of drug-likeness (QED) is 0.756. The zero-order valence-corrected chi connectivity index (χ0v) is 10.2. The van der Waals surface area contributed by atoms with Crippen LogP contribution in [0.5, 0.6) is 0 Å². The smallest absolute Gasteiger partial charge is 0.239 e. The highest BCUT2D eigenvalue weighted by Crippen LogP contribution is 2.17. The lowest BCUT2D eigenvalue weighted by molar-refractivity contribution is -0.133. The van der Waals surface area contributed by atoms with E-state index in [1.165, 1.54) is 6.42 Å². The van der Waals surface area contributed by atoms with Crippen molar-refractivity contribution in [3.05, 3.63) is 0 Å². The van der Waals surface area contributed by atoms with Crippen LogP contribution in [0, 0.1) is 11.8 Å². The van der Waals surface area contributed by atoms with Crippen molar-refractivity contribution >= 4 is 5.91 Å². The molecule has 2 atom stereocenters. The minimum atomic E-state index is -0.321. The molecule has 2 unspecified atom stereocenters. The van der Waals surface area contributed by atoms with E-state index in [0.29, 0.717) is 0 Å². The van der Waals surface area contributed by atoms with Gasteiger partial charge in [-0.05, 0) is 31.1 Å². The van der Waals surface area contributed by atoms with E-state index in [9.17, 15) is 4.79 Å². The van der Waals surface area contributed by atoms with Gasteiger partial charge >= 0.3 is 0 Å². The first-order valence-corrected chi connectivity index (χ1v) is 6.06. The van der Waals surface area contributed by atoms with Crippen LogP contribution < -0.4 is 5.73 Å². The second-order valence-electron chi connectivity index (χ2n) is 5.13. The summed E-state index contributed by atoms with van der Waals surface area (Å²) in [5.41, 5.74) is 5.89. The lowest BCUT2D eigenvalue weighted by Crippen LogP contribution is -2.46. The fourth-order valence-corrected chi connectivity index (χ4v) is 1.98. The standard InChI is InChI=1S/C12H24N2O/c1-9(2)11(13)12(15)14-7-4-5-10(3)6-8-14/h9-11H,4-8,13H2,1-3H3. The minimum Gasteiger partial charge on any atom is -0.341 e. The Hall–Kier alpha value is -0.570. The van der Waals surface area contributed by atoms with E-state index < -0.39 is 0 Å². The van der Waals surface area contributed by atoms with Crippen molar-refractivity contribution in [3.8, 4) is 0 Å². The molecule has 1 saturated heterocycles. The molecule has 1 fully saturated rings. The molecule has 0 aromatic heterocycles. The van der Waals surface area contributed by atoms with Crippen molar-refractivity contribution in [2.75, 3.05) is 13.1 Å². The predicted molar refractivity (Wildman–Crippen MR) is 62.4 cm³/mol. The van der Waals surface area contributed by atoms with E-state index >= 15 is 0 Å². The lowest BCUT2D eigenvalue weighted by Gasteiger charge is -2.25. The van der Waals surface area contributed by atoms with Gasteiger partial charge in [-0.3, -0.25) is 4.79 Å². The molecular formula is C12H24N2O. The van der Waals surface area contributed by atoms with Crippen LogP contribution >= 0.6 is 0 Å². The van der Waals surface area contributed by atoms with E-state index in [-0.39, 0.29) is 17.9 Å². The molecular weight excluding hydrogens is 188 g/mol. The highest BCUT2D eigenvalue weighted by Gasteiger charge is 2.24. The van der Waals surface area contributed by atoms with Crippen LogP contribution in [-0.4, -0.2) is 29.9 Å². The maximum absolute atomic E-state index is 12.0. The Morgan fingerprint density at radius 2 is 2.00 bits per heavy atom. The molecule has 1 aliphatic heterocycles. The zero-order chi connectivity index (χ0) is 11.4. The molecule has 88 valence electrons. The normalized spacial score (nSPS) is 25.1. The summed E-state index contributed by atoms with van der Waals surface area (Å²) in [4.78, 5) is 14.0. The Balaban J connectivity index is 2.52. The lowest BCUT2D eigenvalue weighted by atomic mass is 10.0. The first-order chi connectivity index (χ1) is 7.02. The van der Waals surface area contributed by atoms with E-state index in [0.717, 1.165) is 31.8 Å². The number of nitrogens with two attached hydrogens (primary N) is 1. The highest BCUT2D eigenvalue weighted by molar-refractivity contribution is 5.81. The van der Waals surface area contributed by atoms with Gasteiger partial charge in [0, 0.05) is 13.1 Å². The largest absolute Gasteiger partial charge is 0.341 e. The van der Waals surface area contributed by atoms with Crippen molar-refractivity contribution in [1.82, 2.24) is 4.90 Å². The number of likely N-dealkylation sites (tertiary alicyclic amines) is 1. The van der Waals surface area contributed by atoms with E-state index in [4.69, 9.17) is 5.73 Å². The summed E-state index contributed by atoms with van der Waals surface area (Å²) in [5.74, 6) is 1.12. The van der Waals surface area contributed by atoms with Gasteiger partial charge in [0.15, 0.2) is 0 Å². The fraction of sp³-hybridized carbons (Fsp3) is 0.917. The topological polar surface area (TPSA) is 46.3 Å². The van der Waals surface area contributed by atoms with Gasteiger partial charge < -0.3 is 10.6 Å². The third-order valence-electron chi connectivity index (χ3n) is 3.33. The van der Waals surface area contributed by atoms with Crippen LogP contribution in [-0.2, 0) is 4.79 Å². The summed E-state index contributed by atoms with van der Waals surface area (Å²) in [5, 5.41) is 0. The minimum absolute atomic E-state index is 0.138. The Kier molecular flexibility index (Phi) is 4.58. The molecule has 0 spiro atoms. The average Bonchev–Trinajstić information content (AvgIpc) is 2.40. The van der Waals surface area contributed by atoms with E-state index in [1.54, 1.807) is 0 Å². The van der Waals surface area contributed by atoms with Crippen molar-refractivity contribution < 1.29 is 4.79 Å². The summed E-state index contributed by atoms with van der Waals surface area (Å²) in [7, 11) is 0. The van der Waals surface area contributed by atoms with E-state index in [2.05, 4.69) is 6.92 Å². The van der Waals surface area contributed by atoms with Gasteiger partial charge in [0.1, 0.15) is 0 Å². The number of carbonyl (C=O) groups is 1. The molecule has 0 bridgehead atoms. The zero-order valence-electron chi connectivity index (χ0n) is 10.2. The van der Waals surface area contributed by atoms with Crippen LogP contribution in [0.2, 0.25) is 0 Å². The highest BCUT2D eigenvalue weighted by atomic mass is 16.2. The Morgan fingerprint density at radius 3 is 2.60 bits per heavy atom. The van der Waals surface area contributed by atoms with Crippen molar-refractivity contribution in [2.45, 2.75) is 46.1 Å². The van der Waals surface area contributed by atoms with Crippen LogP contribution in [0.1, 0.15) is 40.0 Å². The van der Waals surface area contributed by atoms with Crippen LogP contribution in [0.3, 0.4) is 0 Å². The van der Waals surface area contributed by atoms with Crippen LogP contribution in [0.4, 0.5) is 0 Å². The first-order valence-electron chi connectivity index (χ1n) is 6.06. The predicted octanol–water partition coefficient (Wildman–Crippen LogP) is 1.62. The van der Waals surface area contributed by atoms with Crippen LogP contribution in [0.25, 0.3) is 0 Å².